The first-order chi connectivity index (χ1) is 12.7. The SMILES string of the molecule is Cc1ccc(C(NC(=O)c2ccc(Br)c(S(=O)(=O)N(C)C)c2)C2CC2)cc1. The highest BCUT2D eigenvalue weighted by atomic mass is 79.9. The number of hydrogen-bond acceptors (Lipinski definition) is 3. The Kier molecular flexibility index (Phi) is 5.74. The third-order valence-electron chi connectivity index (χ3n) is 4.77. The quantitative estimate of drug-likeness (QED) is 0.725. The predicted octanol–water partition coefficient (Wildman–Crippen LogP) is 3.89. The van der Waals surface area contributed by atoms with E-state index in [0.717, 1.165) is 22.7 Å². The molecule has 0 saturated heterocycles. The molecule has 0 heterocycles. The average Bonchev–Trinajstić information content (AvgIpc) is 3.45. The molecule has 144 valence electrons. The fourth-order valence-electron chi connectivity index (χ4n) is 2.94. The van der Waals surface area contributed by atoms with Gasteiger partial charge in [-0.2, -0.15) is 0 Å². The van der Waals surface area contributed by atoms with E-state index in [9.17, 15) is 13.2 Å². The molecule has 1 saturated carbocycles. The van der Waals surface area contributed by atoms with Crippen LogP contribution >= 0.6 is 15.9 Å². The number of benzene rings is 2. The van der Waals surface area contributed by atoms with Gasteiger partial charge in [0.1, 0.15) is 0 Å². The minimum absolute atomic E-state index is 0.0596. The summed E-state index contributed by atoms with van der Waals surface area (Å²) in [5.74, 6) is 0.160. The van der Waals surface area contributed by atoms with Gasteiger partial charge < -0.3 is 5.32 Å². The molecule has 7 heteroatoms. The second kappa shape index (κ2) is 7.73. The first-order valence-electron chi connectivity index (χ1n) is 8.79. The molecule has 2 aromatic rings. The summed E-state index contributed by atoms with van der Waals surface area (Å²) in [6.07, 6.45) is 2.17. The molecule has 0 aliphatic heterocycles. The summed E-state index contributed by atoms with van der Waals surface area (Å²) in [7, 11) is -0.712. The average molecular weight is 451 g/mol. The Hall–Kier alpha value is -1.70. The van der Waals surface area contributed by atoms with Crippen LogP contribution in [-0.2, 0) is 10.0 Å². The van der Waals surface area contributed by atoms with E-state index in [1.165, 1.54) is 25.7 Å². The highest BCUT2D eigenvalue weighted by molar-refractivity contribution is 9.10. The minimum atomic E-state index is -3.65. The third kappa shape index (κ3) is 4.42. The Bertz CT molecular complexity index is 952. The second-order valence-electron chi connectivity index (χ2n) is 7.13. The molecule has 1 aliphatic rings. The van der Waals surface area contributed by atoms with Crippen LogP contribution in [0, 0.1) is 12.8 Å². The van der Waals surface area contributed by atoms with Gasteiger partial charge in [0.2, 0.25) is 10.0 Å². The number of sulfonamides is 1. The third-order valence-corrected chi connectivity index (χ3v) is 7.58. The van der Waals surface area contributed by atoms with Gasteiger partial charge >= 0.3 is 0 Å². The van der Waals surface area contributed by atoms with Gasteiger partial charge in [-0.05, 0) is 65.4 Å². The van der Waals surface area contributed by atoms with Crippen molar-refractivity contribution in [2.24, 2.45) is 5.92 Å². The molecule has 1 N–H and O–H groups in total. The summed E-state index contributed by atoms with van der Waals surface area (Å²) in [5, 5.41) is 3.10. The van der Waals surface area contributed by atoms with Crippen molar-refractivity contribution in [3.63, 3.8) is 0 Å². The lowest BCUT2D eigenvalue weighted by Gasteiger charge is -2.20. The zero-order valence-corrected chi connectivity index (χ0v) is 18.0. The van der Waals surface area contributed by atoms with E-state index in [2.05, 4.69) is 21.2 Å². The first kappa shape index (κ1) is 20.0. The van der Waals surface area contributed by atoms with Crippen molar-refractivity contribution in [1.82, 2.24) is 9.62 Å². The van der Waals surface area contributed by atoms with Gasteiger partial charge in [-0.1, -0.05) is 29.8 Å². The summed E-state index contributed by atoms with van der Waals surface area (Å²) in [5.41, 5.74) is 2.58. The number of carbonyl (C=O) groups is 1. The second-order valence-corrected chi connectivity index (χ2v) is 10.1. The molecule has 1 amide bonds. The molecule has 5 nitrogen and oxygen atoms in total. The molecule has 0 aromatic heterocycles. The molecule has 2 aromatic carbocycles. The fraction of sp³-hybridized carbons (Fsp3) is 0.350. The van der Waals surface area contributed by atoms with Crippen LogP contribution in [0.4, 0.5) is 0 Å². The van der Waals surface area contributed by atoms with Crippen LogP contribution in [0.25, 0.3) is 0 Å². The van der Waals surface area contributed by atoms with Crippen molar-refractivity contribution >= 4 is 31.9 Å². The van der Waals surface area contributed by atoms with E-state index in [0.29, 0.717) is 16.0 Å². The molecule has 1 unspecified atom stereocenters. The van der Waals surface area contributed by atoms with E-state index in [-0.39, 0.29) is 16.8 Å². The summed E-state index contributed by atoms with van der Waals surface area (Å²) < 4.78 is 26.5. The molecule has 27 heavy (non-hydrogen) atoms. The normalized spacial score (nSPS) is 15.6. The Morgan fingerprint density at radius 2 is 1.78 bits per heavy atom. The molecule has 0 spiro atoms. The van der Waals surface area contributed by atoms with Crippen LogP contribution in [0.15, 0.2) is 51.8 Å². The summed E-state index contributed by atoms with van der Waals surface area (Å²) in [6.45, 7) is 2.03. The van der Waals surface area contributed by atoms with Crippen LogP contribution in [0.3, 0.4) is 0 Å². The van der Waals surface area contributed by atoms with Crippen LogP contribution in [0.2, 0.25) is 0 Å². The molecule has 1 aliphatic carbocycles. The lowest BCUT2D eigenvalue weighted by Crippen LogP contribution is -2.30. The maximum absolute atomic E-state index is 12.9. The Balaban J connectivity index is 1.88. The van der Waals surface area contributed by atoms with E-state index in [1.807, 2.05) is 31.2 Å². The Morgan fingerprint density at radius 3 is 2.33 bits per heavy atom. The Labute approximate surface area is 169 Å². The van der Waals surface area contributed by atoms with Gasteiger partial charge in [-0.3, -0.25) is 4.79 Å². The van der Waals surface area contributed by atoms with E-state index in [4.69, 9.17) is 0 Å². The number of amides is 1. The van der Waals surface area contributed by atoms with Gasteiger partial charge in [0.15, 0.2) is 0 Å². The zero-order valence-electron chi connectivity index (χ0n) is 15.6. The van der Waals surface area contributed by atoms with Crippen molar-refractivity contribution < 1.29 is 13.2 Å². The largest absolute Gasteiger partial charge is 0.345 e. The fourth-order valence-corrected chi connectivity index (χ4v) is 4.78. The molecule has 1 fully saturated rings. The number of rotatable bonds is 6. The number of carbonyl (C=O) groups excluding carboxylic acids is 1. The number of halogens is 1. The number of hydrogen-bond donors (Lipinski definition) is 1. The standard InChI is InChI=1S/C20H23BrN2O3S/c1-13-4-6-14(7-5-13)19(15-8-9-15)22-20(24)16-10-11-17(21)18(12-16)27(25,26)23(2)3/h4-7,10-12,15,19H,8-9H2,1-3H3,(H,22,24). The summed E-state index contributed by atoms with van der Waals surface area (Å²) in [6, 6.07) is 12.8. The lowest BCUT2D eigenvalue weighted by molar-refractivity contribution is 0.0931. The summed E-state index contributed by atoms with van der Waals surface area (Å²) in [4.78, 5) is 12.9. The van der Waals surface area contributed by atoms with Crippen LogP contribution in [0.5, 0.6) is 0 Å². The van der Waals surface area contributed by atoms with Crippen LogP contribution < -0.4 is 5.32 Å². The van der Waals surface area contributed by atoms with Gasteiger partial charge in [-0.15, -0.1) is 0 Å². The number of aryl methyl sites for hydroxylation is 1. The Morgan fingerprint density at radius 1 is 1.15 bits per heavy atom. The monoisotopic (exact) mass is 450 g/mol. The molecule has 1 atom stereocenters. The van der Waals surface area contributed by atoms with Crippen molar-refractivity contribution in [1.29, 1.82) is 0 Å². The van der Waals surface area contributed by atoms with Gasteiger partial charge in [0, 0.05) is 24.1 Å². The van der Waals surface area contributed by atoms with Gasteiger partial charge in [-0.25, -0.2) is 12.7 Å². The highest BCUT2D eigenvalue weighted by Gasteiger charge is 2.34. The minimum Gasteiger partial charge on any atom is -0.345 e. The molecular weight excluding hydrogens is 428 g/mol. The molecule has 3 rings (SSSR count). The van der Waals surface area contributed by atoms with Crippen LogP contribution in [0.1, 0.15) is 40.4 Å². The highest BCUT2D eigenvalue weighted by Crippen LogP contribution is 2.41. The molecular formula is C20H23BrN2O3S. The summed E-state index contributed by atoms with van der Waals surface area (Å²) >= 11 is 3.27. The zero-order chi connectivity index (χ0) is 19.8. The van der Waals surface area contributed by atoms with Crippen molar-refractivity contribution in [2.75, 3.05) is 14.1 Å². The maximum atomic E-state index is 12.9. The molecule has 0 bridgehead atoms. The van der Waals surface area contributed by atoms with Crippen LogP contribution in [-0.4, -0.2) is 32.7 Å². The van der Waals surface area contributed by atoms with Crippen molar-refractivity contribution in [3.05, 3.63) is 63.6 Å². The lowest BCUT2D eigenvalue weighted by atomic mass is 10.0. The molecule has 0 radical (unpaired) electrons. The first-order valence-corrected chi connectivity index (χ1v) is 11.0. The number of nitrogens with zero attached hydrogens (tertiary/aromatic N) is 1. The van der Waals surface area contributed by atoms with E-state index < -0.39 is 10.0 Å². The maximum Gasteiger partial charge on any atom is 0.251 e. The topological polar surface area (TPSA) is 66.5 Å². The smallest absolute Gasteiger partial charge is 0.251 e. The van der Waals surface area contributed by atoms with E-state index >= 15 is 0 Å². The van der Waals surface area contributed by atoms with Crippen molar-refractivity contribution in [2.45, 2.75) is 30.7 Å². The van der Waals surface area contributed by atoms with E-state index in [1.54, 1.807) is 12.1 Å². The van der Waals surface area contributed by atoms with Gasteiger partial charge in [0.05, 0.1) is 10.9 Å². The van der Waals surface area contributed by atoms with Gasteiger partial charge in [0.25, 0.3) is 5.91 Å². The predicted molar refractivity (Wildman–Crippen MR) is 109 cm³/mol. The number of nitrogens with one attached hydrogen (secondary N) is 1. The van der Waals surface area contributed by atoms with Crippen molar-refractivity contribution in [3.8, 4) is 0 Å².